The van der Waals surface area contributed by atoms with Crippen LogP contribution < -0.4 is 4.74 Å². The van der Waals surface area contributed by atoms with E-state index in [9.17, 15) is 9.90 Å². The van der Waals surface area contributed by atoms with Crippen molar-refractivity contribution in [2.45, 2.75) is 6.54 Å². The lowest BCUT2D eigenvalue weighted by atomic mass is 10.1. The first kappa shape index (κ1) is 19.4. The SMILES string of the molecule is COc1cc(Br)c(Br)c(C=C2SC(=S)N(Cc3ccccc3)C2=O)c1O. The summed E-state index contributed by atoms with van der Waals surface area (Å²) in [7, 11) is 1.47. The van der Waals surface area contributed by atoms with Gasteiger partial charge in [-0.3, -0.25) is 9.69 Å². The van der Waals surface area contributed by atoms with Crippen molar-refractivity contribution in [3.05, 3.63) is 61.4 Å². The summed E-state index contributed by atoms with van der Waals surface area (Å²) < 4.78 is 7.00. The van der Waals surface area contributed by atoms with Gasteiger partial charge in [-0.2, -0.15) is 0 Å². The molecule has 3 rings (SSSR count). The Bertz CT molecular complexity index is 916. The third kappa shape index (κ3) is 3.83. The van der Waals surface area contributed by atoms with E-state index in [0.29, 0.717) is 36.0 Å². The first-order chi connectivity index (χ1) is 12.4. The number of carbonyl (C=O) groups excluding carboxylic acids is 1. The zero-order valence-corrected chi connectivity index (χ0v) is 18.3. The third-order valence-corrected chi connectivity index (χ3v) is 7.13. The number of benzene rings is 2. The fraction of sp³-hybridized carbons (Fsp3) is 0.111. The Morgan fingerprint density at radius 3 is 2.65 bits per heavy atom. The first-order valence-corrected chi connectivity index (χ1v) is 10.3. The summed E-state index contributed by atoms with van der Waals surface area (Å²) >= 11 is 13.4. The van der Waals surface area contributed by atoms with Crippen LogP contribution in [-0.4, -0.2) is 27.3 Å². The van der Waals surface area contributed by atoms with Crippen LogP contribution in [0.15, 0.2) is 50.2 Å². The Balaban J connectivity index is 1.95. The Morgan fingerprint density at radius 2 is 2.00 bits per heavy atom. The van der Waals surface area contributed by atoms with Gasteiger partial charge in [-0.15, -0.1) is 0 Å². The van der Waals surface area contributed by atoms with Gasteiger partial charge in [0.2, 0.25) is 0 Å². The van der Waals surface area contributed by atoms with Crippen molar-refractivity contribution in [2.24, 2.45) is 0 Å². The number of rotatable bonds is 4. The highest BCUT2D eigenvalue weighted by Crippen LogP contribution is 2.43. The normalized spacial score (nSPS) is 15.8. The summed E-state index contributed by atoms with van der Waals surface area (Å²) in [6.45, 7) is 0.414. The highest BCUT2D eigenvalue weighted by molar-refractivity contribution is 9.13. The molecule has 8 heteroatoms. The average molecular weight is 515 g/mol. The number of hydrogen-bond donors (Lipinski definition) is 1. The van der Waals surface area contributed by atoms with E-state index >= 15 is 0 Å². The molecule has 2 aromatic carbocycles. The Labute approximate surface area is 177 Å². The fourth-order valence-electron chi connectivity index (χ4n) is 2.43. The molecular formula is C18H13Br2NO3S2. The van der Waals surface area contributed by atoms with E-state index in [1.165, 1.54) is 18.9 Å². The maximum Gasteiger partial charge on any atom is 0.266 e. The van der Waals surface area contributed by atoms with Crippen molar-refractivity contribution in [3.8, 4) is 11.5 Å². The molecule has 0 saturated carbocycles. The maximum atomic E-state index is 12.8. The van der Waals surface area contributed by atoms with Gasteiger partial charge < -0.3 is 9.84 Å². The minimum Gasteiger partial charge on any atom is -0.504 e. The number of aromatic hydroxyl groups is 1. The van der Waals surface area contributed by atoms with Crippen molar-refractivity contribution in [2.75, 3.05) is 7.11 Å². The highest BCUT2D eigenvalue weighted by Gasteiger charge is 2.32. The van der Waals surface area contributed by atoms with Crippen LogP contribution in [0.2, 0.25) is 0 Å². The molecular weight excluding hydrogens is 502 g/mol. The number of carbonyl (C=O) groups is 1. The van der Waals surface area contributed by atoms with E-state index in [4.69, 9.17) is 17.0 Å². The number of phenolic OH excluding ortho intramolecular Hbond substituents is 1. The minimum atomic E-state index is -0.186. The molecule has 1 N–H and O–H groups in total. The molecule has 1 aliphatic heterocycles. The van der Waals surface area contributed by atoms with Crippen LogP contribution in [0.3, 0.4) is 0 Å². The number of thioether (sulfide) groups is 1. The van der Waals surface area contributed by atoms with Gasteiger partial charge in [-0.1, -0.05) is 54.3 Å². The van der Waals surface area contributed by atoms with Crippen LogP contribution in [0, 0.1) is 0 Å². The molecule has 1 aliphatic rings. The lowest BCUT2D eigenvalue weighted by Crippen LogP contribution is -2.27. The number of ether oxygens (including phenoxy) is 1. The molecule has 1 saturated heterocycles. The first-order valence-electron chi connectivity index (χ1n) is 7.46. The van der Waals surface area contributed by atoms with E-state index in [1.807, 2.05) is 30.3 Å². The number of hydrogen-bond acceptors (Lipinski definition) is 5. The summed E-state index contributed by atoms with van der Waals surface area (Å²) in [6, 6.07) is 11.3. The minimum absolute atomic E-state index is 0.0455. The second-order valence-corrected chi connectivity index (χ2v) is 8.71. The molecule has 1 amide bonds. The lowest BCUT2D eigenvalue weighted by Gasteiger charge is -2.14. The van der Waals surface area contributed by atoms with Crippen molar-refractivity contribution < 1.29 is 14.6 Å². The highest BCUT2D eigenvalue weighted by atomic mass is 79.9. The smallest absolute Gasteiger partial charge is 0.266 e. The van der Waals surface area contributed by atoms with Gasteiger partial charge in [0.15, 0.2) is 11.5 Å². The molecule has 2 aromatic rings. The number of thiocarbonyl (C=S) groups is 1. The van der Waals surface area contributed by atoms with Crippen molar-refractivity contribution in [1.29, 1.82) is 0 Å². The van der Waals surface area contributed by atoms with Crippen LogP contribution in [-0.2, 0) is 11.3 Å². The molecule has 0 atom stereocenters. The van der Waals surface area contributed by atoms with Crippen molar-refractivity contribution in [3.63, 3.8) is 0 Å². The van der Waals surface area contributed by atoms with Gasteiger partial charge in [0, 0.05) is 14.5 Å². The maximum absolute atomic E-state index is 12.8. The van der Waals surface area contributed by atoms with E-state index in [0.717, 1.165) is 5.56 Å². The number of amides is 1. The van der Waals surface area contributed by atoms with Gasteiger partial charge in [-0.05, 0) is 49.6 Å². The molecule has 0 unspecified atom stereocenters. The Hall–Kier alpha value is -1.35. The lowest BCUT2D eigenvalue weighted by molar-refractivity contribution is -0.122. The zero-order chi connectivity index (χ0) is 18.8. The summed E-state index contributed by atoms with van der Waals surface area (Å²) in [5.74, 6) is 0.0797. The molecule has 26 heavy (non-hydrogen) atoms. The van der Waals surface area contributed by atoms with Crippen LogP contribution >= 0.6 is 55.8 Å². The molecule has 4 nitrogen and oxygen atoms in total. The predicted octanol–water partition coefficient (Wildman–Crippen LogP) is 5.33. The molecule has 1 fully saturated rings. The second kappa shape index (κ2) is 8.12. The monoisotopic (exact) mass is 513 g/mol. The molecule has 1 heterocycles. The van der Waals surface area contributed by atoms with E-state index in [1.54, 1.807) is 17.0 Å². The van der Waals surface area contributed by atoms with Crippen molar-refractivity contribution >= 4 is 72.1 Å². The van der Waals surface area contributed by atoms with Gasteiger partial charge in [-0.25, -0.2) is 0 Å². The van der Waals surface area contributed by atoms with E-state index < -0.39 is 0 Å². The van der Waals surface area contributed by atoms with Crippen LogP contribution in [0.1, 0.15) is 11.1 Å². The number of phenols is 1. The quantitative estimate of drug-likeness (QED) is 0.441. The second-order valence-electron chi connectivity index (χ2n) is 5.39. The molecule has 0 aromatic heterocycles. The van der Waals surface area contributed by atoms with E-state index in [2.05, 4.69) is 31.9 Å². The number of methoxy groups -OCH3 is 1. The summed E-state index contributed by atoms with van der Waals surface area (Å²) in [6.07, 6.45) is 1.62. The number of halogens is 2. The summed E-state index contributed by atoms with van der Waals surface area (Å²) in [4.78, 5) is 14.8. The van der Waals surface area contributed by atoms with Crippen molar-refractivity contribution in [1.82, 2.24) is 4.90 Å². The molecule has 0 bridgehead atoms. The average Bonchev–Trinajstić information content (AvgIpc) is 2.90. The summed E-state index contributed by atoms with van der Waals surface area (Å²) in [5, 5.41) is 10.4. The topological polar surface area (TPSA) is 49.8 Å². The van der Waals surface area contributed by atoms with Gasteiger partial charge in [0.05, 0.1) is 18.6 Å². The van der Waals surface area contributed by atoms with Crippen LogP contribution in [0.5, 0.6) is 11.5 Å². The predicted molar refractivity (Wildman–Crippen MR) is 115 cm³/mol. The summed E-state index contributed by atoms with van der Waals surface area (Å²) in [5.41, 5.74) is 1.45. The fourth-order valence-corrected chi connectivity index (χ4v) is 4.51. The Kier molecular flexibility index (Phi) is 6.06. The molecule has 134 valence electrons. The zero-order valence-electron chi connectivity index (χ0n) is 13.5. The number of nitrogens with zero attached hydrogens (tertiary/aromatic N) is 1. The molecule has 0 radical (unpaired) electrons. The van der Waals surface area contributed by atoms with E-state index in [-0.39, 0.29) is 11.7 Å². The van der Waals surface area contributed by atoms with Crippen LogP contribution in [0.25, 0.3) is 6.08 Å². The van der Waals surface area contributed by atoms with Gasteiger partial charge >= 0.3 is 0 Å². The Morgan fingerprint density at radius 1 is 1.31 bits per heavy atom. The van der Waals surface area contributed by atoms with Crippen LogP contribution in [0.4, 0.5) is 0 Å². The molecule has 0 aliphatic carbocycles. The molecule has 0 spiro atoms. The van der Waals surface area contributed by atoms with Gasteiger partial charge in [0.1, 0.15) is 4.32 Å². The van der Waals surface area contributed by atoms with Gasteiger partial charge in [0.25, 0.3) is 5.91 Å². The largest absolute Gasteiger partial charge is 0.504 e. The standard InChI is InChI=1S/C18H13Br2NO3S2/c1-24-13-8-12(19)15(20)11(16(13)22)7-14-17(23)21(18(25)26-14)9-10-5-3-2-4-6-10/h2-8,22H,9H2,1H3. The third-order valence-electron chi connectivity index (χ3n) is 3.74.